The third-order valence-electron chi connectivity index (χ3n) is 7.83. The lowest BCUT2D eigenvalue weighted by Crippen LogP contribution is -2.38. The highest BCUT2D eigenvalue weighted by Gasteiger charge is 2.32. The van der Waals surface area contributed by atoms with E-state index in [1.807, 2.05) is 71.3 Å². The molecule has 5 aromatic rings. The molecule has 2 aliphatic rings. The van der Waals surface area contributed by atoms with Gasteiger partial charge in [-0.3, -0.25) is 9.36 Å². The van der Waals surface area contributed by atoms with Crippen LogP contribution in [0.3, 0.4) is 0 Å². The van der Waals surface area contributed by atoms with E-state index in [2.05, 4.69) is 36.4 Å². The van der Waals surface area contributed by atoms with Crippen molar-refractivity contribution in [3.8, 4) is 11.5 Å². The van der Waals surface area contributed by atoms with Crippen molar-refractivity contribution >= 4 is 34.7 Å². The van der Waals surface area contributed by atoms with E-state index in [1.54, 1.807) is 7.11 Å². The van der Waals surface area contributed by atoms with E-state index in [0.717, 1.165) is 52.3 Å². The molecule has 42 heavy (non-hydrogen) atoms. The Labute approximate surface area is 252 Å². The number of hydrogen-bond acceptors (Lipinski definition) is 5. The fraction of sp³-hybridized carbons (Fsp3) is 0.143. The van der Waals surface area contributed by atoms with Gasteiger partial charge in [-0.15, -0.1) is 0 Å². The molecule has 4 aromatic carbocycles. The zero-order chi connectivity index (χ0) is 28.6. The molecule has 2 heterocycles. The lowest BCUT2D eigenvalue weighted by Gasteiger charge is -2.30. The average molecular weight is 591 g/mol. The third-order valence-corrected chi connectivity index (χ3v) is 9.19. The average Bonchev–Trinajstić information content (AvgIpc) is 3.34. The molecule has 0 spiro atoms. The fourth-order valence-corrected chi connectivity index (χ4v) is 6.89. The number of thiazole rings is 1. The van der Waals surface area contributed by atoms with Crippen molar-refractivity contribution in [3.05, 3.63) is 155 Å². The zero-order valence-corrected chi connectivity index (χ0v) is 24.5. The number of benzene rings is 4. The van der Waals surface area contributed by atoms with Crippen LogP contribution in [0, 0.1) is 0 Å². The monoisotopic (exact) mass is 590 g/mol. The molecule has 0 fully saturated rings. The van der Waals surface area contributed by atoms with E-state index in [9.17, 15) is 4.79 Å². The third kappa shape index (κ3) is 4.87. The summed E-state index contributed by atoms with van der Waals surface area (Å²) in [6.07, 6.45) is 3.71. The highest BCUT2D eigenvalue weighted by atomic mass is 35.5. The summed E-state index contributed by atoms with van der Waals surface area (Å²) in [6.45, 7) is 0.386. The summed E-state index contributed by atoms with van der Waals surface area (Å²) in [5.41, 5.74) is 7.48. The summed E-state index contributed by atoms with van der Waals surface area (Å²) >= 11 is 7.69. The number of halogens is 1. The second-order valence-electron chi connectivity index (χ2n) is 10.3. The highest BCUT2D eigenvalue weighted by molar-refractivity contribution is 7.07. The molecule has 0 N–H and O–H groups in total. The lowest BCUT2D eigenvalue weighted by atomic mass is 9.83. The van der Waals surface area contributed by atoms with Crippen LogP contribution in [0.2, 0.25) is 5.02 Å². The van der Waals surface area contributed by atoms with Crippen LogP contribution in [0.4, 0.5) is 0 Å². The molecule has 0 bridgehead atoms. The topological polar surface area (TPSA) is 52.8 Å². The Balaban J connectivity index is 1.27. The van der Waals surface area contributed by atoms with Gasteiger partial charge in [-0.1, -0.05) is 89.7 Å². The minimum Gasteiger partial charge on any atom is -0.497 e. The van der Waals surface area contributed by atoms with Crippen molar-refractivity contribution in [2.75, 3.05) is 7.11 Å². The number of rotatable bonds is 6. The van der Waals surface area contributed by atoms with Crippen LogP contribution >= 0.6 is 22.9 Å². The van der Waals surface area contributed by atoms with Gasteiger partial charge in [0.2, 0.25) is 0 Å². The van der Waals surface area contributed by atoms with Crippen LogP contribution in [0.25, 0.3) is 11.8 Å². The van der Waals surface area contributed by atoms with Gasteiger partial charge in [0.15, 0.2) is 4.80 Å². The van der Waals surface area contributed by atoms with Gasteiger partial charge in [-0.05, 0) is 71.5 Å². The van der Waals surface area contributed by atoms with Crippen molar-refractivity contribution in [1.29, 1.82) is 0 Å². The maximum absolute atomic E-state index is 14.0. The minimum atomic E-state index is -0.224. The maximum Gasteiger partial charge on any atom is 0.271 e. The number of nitrogens with zero attached hydrogens (tertiary/aromatic N) is 2. The molecule has 1 aliphatic carbocycles. The maximum atomic E-state index is 14.0. The molecule has 7 heteroatoms. The van der Waals surface area contributed by atoms with Crippen LogP contribution in [-0.4, -0.2) is 11.7 Å². The molecule has 208 valence electrons. The van der Waals surface area contributed by atoms with Crippen molar-refractivity contribution in [1.82, 2.24) is 4.57 Å². The fourth-order valence-electron chi connectivity index (χ4n) is 5.70. The molecule has 7 rings (SSSR count). The predicted octanol–water partition coefficient (Wildman–Crippen LogP) is 6.56. The van der Waals surface area contributed by atoms with Crippen molar-refractivity contribution in [3.63, 3.8) is 0 Å². The van der Waals surface area contributed by atoms with Gasteiger partial charge in [-0.2, -0.15) is 0 Å². The molecular weight excluding hydrogens is 564 g/mol. The van der Waals surface area contributed by atoms with Gasteiger partial charge >= 0.3 is 0 Å². The predicted molar refractivity (Wildman–Crippen MR) is 168 cm³/mol. The number of ether oxygens (including phenoxy) is 2. The van der Waals surface area contributed by atoms with Gasteiger partial charge in [0.05, 0.1) is 23.4 Å². The lowest BCUT2D eigenvalue weighted by molar-refractivity contribution is 0.306. The Hall–Kier alpha value is -4.39. The highest BCUT2D eigenvalue weighted by Crippen LogP contribution is 2.41. The van der Waals surface area contributed by atoms with Crippen LogP contribution in [0.1, 0.15) is 40.3 Å². The Morgan fingerprint density at radius 1 is 0.929 bits per heavy atom. The SMILES string of the molecule is COc1ccc([C@@H]2C3=C(N=c4s/c(=C/c5ccc(OCc6ccccc6Cl)cc5)c(=O)n42)c2ccccc2CC3)cc1. The second-order valence-corrected chi connectivity index (χ2v) is 11.8. The molecule has 0 saturated heterocycles. The zero-order valence-electron chi connectivity index (χ0n) is 22.9. The van der Waals surface area contributed by atoms with Crippen molar-refractivity contribution in [2.24, 2.45) is 4.99 Å². The number of hydrogen-bond donors (Lipinski definition) is 0. The molecule has 0 unspecified atom stereocenters. The molecule has 0 radical (unpaired) electrons. The van der Waals surface area contributed by atoms with Crippen LogP contribution in [0.15, 0.2) is 112 Å². The quantitative estimate of drug-likeness (QED) is 0.225. The van der Waals surface area contributed by atoms with Crippen LogP contribution in [-0.2, 0) is 13.0 Å². The summed E-state index contributed by atoms with van der Waals surface area (Å²) in [4.78, 5) is 19.8. The standard InChI is InChI=1S/C35H27ClN2O3S/c1-40-26-17-12-24(13-18-26)33-29-19-14-23-6-2-4-8-28(23)32(29)37-35-38(33)34(39)31(42-35)20-22-10-15-27(16-11-22)41-21-25-7-3-5-9-30(25)36/h2-13,15-18,20,33H,14,19,21H2,1H3/b31-20+/t33-/m1/s1. The molecule has 0 amide bonds. The summed E-state index contributed by atoms with van der Waals surface area (Å²) < 4.78 is 13.9. The largest absolute Gasteiger partial charge is 0.497 e. The van der Waals surface area contributed by atoms with Gasteiger partial charge in [-0.25, -0.2) is 4.99 Å². The van der Waals surface area contributed by atoms with Crippen LogP contribution < -0.4 is 24.4 Å². The smallest absolute Gasteiger partial charge is 0.271 e. The van der Waals surface area contributed by atoms with Gasteiger partial charge in [0, 0.05) is 16.1 Å². The summed E-state index contributed by atoms with van der Waals surface area (Å²) in [7, 11) is 1.66. The van der Waals surface area contributed by atoms with Gasteiger partial charge in [0.25, 0.3) is 5.56 Å². The second kappa shape index (κ2) is 11.1. The van der Waals surface area contributed by atoms with E-state index < -0.39 is 0 Å². The first kappa shape index (κ1) is 26.5. The Bertz CT molecular complexity index is 2010. The van der Waals surface area contributed by atoms with E-state index in [4.69, 9.17) is 26.1 Å². The first-order valence-corrected chi connectivity index (χ1v) is 15.0. The van der Waals surface area contributed by atoms with Gasteiger partial charge in [0.1, 0.15) is 18.1 Å². The molecule has 1 aromatic heterocycles. The summed E-state index contributed by atoms with van der Waals surface area (Å²) in [5.74, 6) is 1.52. The first-order chi connectivity index (χ1) is 20.6. The van der Waals surface area contributed by atoms with Crippen LogP contribution in [0.5, 0.6) is 11.5 Å². The molecular formula is C35H27ClN2O3S. The Kier molecular flexibility index (Phi) is 7.02. The van der Waals surface area contributed by atoms with E-state index >= 15 is 0 Å². The summed E-state index contributed by atoms with van der Waals surface area (Å²) in [5, 5.41) is 0.683. The van der Waals surface area contributed by atoms with Gasteiger partial charge < -0.3 is 9.47 Å². The Morgan fingerprint density at radius 3 is 2.45 bits per heavy atom. The molecule has 5 nitrogen and oxygen atoms in total. The number of methoxy groups -OCH3 is 1. The normalized spacial score (nSPS) is 15.9. The van der Waals surface area contributed by atoms with E-state index in [-0.39, 0.29) is 11.6 Å². The first-order valence-electron chi connectivity index (χ1n) is 13.8. The Morgan fingerprint density at radius 2 is 1.67 bits per heavy atom. The molecule has 0 saturated carbocycles. The number of fused-ring (bicyclic) bond motifs is 3. The molecule has 1 atom stereocenters. The number of allylic oxidation sites excluding steroid dienone is 1. The van der Waals surface area contributed by atoms with Crippen molar-refractivity contribution < 1.29 is 9.47 Å². The summed E-state index contributed by atoms with van der Waals surface area (Å²) in [6, 6.07) is 31.6. The molecule has 1 aliphatic heterocycles. The van der Waals surface area contributed by atoms with Crippen molar-refractivity contribution in [2.45, 2.75) is 25.5 Å². The number of aromatic nitrogens is 1. The minimum absolute atomic E-state index is 0.0379. The number of aryl methyl sites for hydroxylation is 1. The van der Waals surface area contributed by atoms with E-state index in [1.165, 1.54) is 22.5 Å². The van der Waals surface area contributed by atoms with E-state index in [0.29, 0.717) is 21.0 Å².